The zero-order chi connectivity index (χ0) is 13.1. The Bertz CT molecular complexity index is 350. The number of hydrogen-bond donors (Lipinski definition) is 0. The van der Waals surface area contributed by atoms with Gasteiger partial charge in [0.05, 0.1) is 11.3 Å². The van der Waals surface area contributed by atoms with E-state index in [1.807, 2.05) is 17.8 Å². The molecule has 0 spiro atoms. The fourth-order valence-electron chi connectivity index (χ4n) is 1.60. The summed E-state index contributed by atoms with van der Waals surface area (Å²) in [4.78, 5) is 0. The summed E-state index contributed by atoms with van der Waals surface area (Å²) in [5, 5.41) is 8.36. The first kappa shape index (κ1) is 14.2. The number of aryl methyl sites for hydroxylation is 1. The molecule has 4 nitrogen and oxygen atoms in total. The third kappa shape index (κ3) is 4.46. The van der Waals surface area contributed by atoms with Crippen molar-refractivity contribution in [1.82, 2.24) is 15.0 Å². The van der Waals surface area contributed by atoms with Crippen molar-refractivity contribution in [2.45, 2.75) is 65.5 Å². The molecule has 0 aliphatic carbocycles. The average molecular weight is 239 g/mol. The van der Waals surface area contributed by atoms with Gasteiger partial charge >= 0.3 is 0 Å². The Balaban J connectivity index is 2.56. The number of ether oxygens (including phenoxy) is 1. The quantitative estimate of drug-likeness (QED) is 0.793. The van der Waals surface area contributed by atoms with E-state index in [9.17, 15) is 0 Å². The predicted molar refractivity (Wildman–Crippen MR) is 69.0 cm³/mol. The maximum absolute atomic E-state index is 5.66. The zero-order valence-corrected chi connectivity index (χ0v) is 11.9. The van der Waals surface area contributed by atoms with E-state index in [1.165, 1.54) is 0 Å². The molecular formula is C13H25N3O. The van der Waals surface area contributed by atoms with Gasteiger partial charge in [0.1, 0.15) is 0 Å². The van der Waals surface area contributed by atoms with Crippen molar-refractivity contribution in [3.63, 3.8) is 0 Å². The molecule has 0 unspecified atom stereocenters. The average Bonchev–Trinajstić information content (AvgIpc) is 2.62. The van der Waals surface area contributed by atoms with Crippen LogP contribution in [0.1, 0.15) is 53.7 Å². The SMILES string of the molecule is CCOC(C)(C)CCn1cc(C(C)(C)C)nn1. The van der Waals surface area contributed by atoms with Crippen molar-refractivity contribution >= 4 is 0 Å². The van der Waals surface area contributed by atoms with Crippen LogP contribution in [-0.2, 0) is 16.7 Å². The Hall–Kier alpha value is -0.900. The summed E-state index contributed by atoms with van der Waals surface area (Å²) in [6.45, 7) is 14.3. The Morgan fingerprint density at radius 3 is 2.35 bits per heavy atom. The van der Waals surface area contributed by atoms with Crippen LogP contribution < -0.4 is 0 Å². The molecule has 0 aliphatic heterocycles. The van der Waals surface area contributed by atoms with E-state index in [1.54, 1.807) is 0 Å². The number of nitrogens with zero attached hydrogens (tertiary/aromatic N) is 3. The van der Waals surface area contributed by atoms with Gasteiger partial charge in [-0.2, -0.15) is 0 Å². The molecule has 0 radical (unpaired) electrons. The van der Waals surface area contributed by atoms with E-state index < -0.39 is 0 Å². The topological polar surface area (TPSA) is 39.9 Å². The molecule has 0 N–H and O–H groups in total. The van der Waals surface area contributed by atoms with E-state index in [-0.39, 0.29) is 11.0 Å². The second-order valence-electron chi connectivity index (χ2n) is 6.06. The van der Waals surface area contributed by atoms with Crippen molar-refractivity contribution in [2.24, 2.45) is 0 Å². The fraction of sp³-hybridized carbons (Fsp3) is 0.846. The third-order valence-electron chi connectivity index (χ3n) is 2.79. The largest absolute Gasteiger partial charge is 0.376 e. The van der Waals surface area contributed by atoms with E-state index in [2.05, 4.69) is 44.9 Å². The van der Waals surface area contributed by atoms with Crippen LogP contribution in [0.3, 0.4) is 0 Å². The van der Waals surface area contributed by atoms with Crippen molar-refractivity contribution in [1.29, 1.82) is 0 Å². The highest BCUT2D eigenvalue weighted by Gasteiger charge is 2.20. The molecule has 0 amide bonds. The first-order valence-corrected chi connectivity index (χ1v) is 6.29. The Morgan fingerprint density at radius 2 is 1.88 bits per heavy atom. The van der Waals surface area contributed by atoms with Gasteiger partial charge in [0.25, 0.3) is 0 Å². The molecule has 0 saturated carbocycles. The third-order valence-corrected chi connectivity index (χ3v) is 2.79. The van der Waals surface area contributed by atoms with Crippen molar-refractivity contribution in [2.75, 3.05) is 6.61 Å². The maximum atomic E-state index is 5.66. The second kappa shape index (κ2) is 5.17. The number of hydrogen-bond acceptors (Lipinski definition) is 3. The molecule has 1 aromatic rings. The van der Waals surface area contributed by atoms with Gasteiger partial charge in [0.15, 0.2) is 0 Å². The van der Waals surface area contributed by atoms with Crippen LogP contribution in [0.5, 0.6) is 0 Å². The predicted octanol–water partition coefficient (Wildman–Crippen LogP) is 2.78. The van der Waals surface area contributed by atoms with Gasteiger partial charge in [-0.1, -0.05) is 26.0 Å². The Labute approximate surface area is 104 Å². The molecule has 1 aromatic heterocycles. The van der Waals surface area contributed by atoms with Crippen LogP contribution in [0.2, 0.25) is 0 Å². The van der Waals surface area contributed by atoms with Gasteiger partial charge in [-0.3, -0.25) is 4.68 Å². The normalized spacial score (nSPS) is 13.1. The van der Waals surface area contributed by atoms with E-state index in [4.69, 9.17) is 4.74 Å². The van der Waals surface area contributed by atoms with E-state index in [0.29, 0.717) is 0 Å². The van der Waals surface area contributed by atoms with Gasteiger partial charge in [-0.05, 0) is 27.2 Å². The molecule has 0 atom stereocenters. The first-order valence-electron chi connectivity index (χ1n) is 6.29. The highest BCUT2D eigenvalue weighted by Crippen LogP contribution is 2.20. The molecule has 0 bridgehead atoms. The molecule has 1 rings (SSSR count). The second-order valence-corrected chi connectivity index (χ2v) is 6.06. The minimum Gasteiger partial charge on any atom is -0.376 e. The molecule has 17 heavy (non-hydrogen) atoms. The monoisotopic (exact) mass is 239 g/mol. The fourth-order valence-corrected chi connectivity index (χ4v) is 1.60. The van der Waals surface area contributed by atoms with Crippen LogP contribution in [0.15, 0.2) is 6.20 Å². The highest BCUT2D eigenvalue weighted by atomic mass is 16.5. The van der Waals surface area contributed by atoms with Gasteiger partial charge in [-0.25, -0.2) is 0 Å². The number of rotatable bonds is 5. The molecule has 98 valence electrons. The molecule has 0 aliphatic rings. The van der Waals surface area contributed by atoms with Crippen molar-refractivity contribution in [3.8, 4) is 0 Å². The van der Waals surface area contributed by atoms with Gasteiger partial charge in [0.2, 0.25) is 0 Å². The smallest absolute Gasteiger partial charge is 0.0880 e. The van der Waals surface area contributed by atoms with Crippen LogP contribution in [0, 0.1) is 0 Å². The minimum absolute atomic E-state index is 0.0632. The zero-order valence-electron chi connectivity index (χ0n) is 11.9. The summed E-state index contributed by atoms with van der Waals surface area (Å²) in [5.74, 6) is 0. The molecule has 0 saturated heterocycles. The summed E-state index contributed by atoms with van der Waals surface area (Å²) >= 11 is 0. The van der Waals surface area contributed by atoms with Crippen molar-refractivity contribution in [3.05, 3.63) is 11.9 Å². The molecule has 0 aromatic carbocycles. The van der Waals surface area contributed by atoms with Crippen LogP contribution in [-0.4, -0.2) is 27.2 Å². The number of aromatic nitrogens is 3. The summed E-state index contributed by atoms with van der Waals surface area (Å²) in [5.41, 5.74) is 1.00. The maximum Gasteiger partial charge on any atom is 0.0880 e. The Morgan fingerprint density at radius 1 is 1.24 bits per heavy atom. The first-order chi connectivity index (χ1) is 7.74. The molecule has 4 heteroatoms. The van der Waals surface area contributed by atoms with Crippen LogP contribution in [0.4, 0.5) is 0 Å². The van der Waals surface area contributed by atoms with Crippen molar-refractivity contribution < 1.29 is 4.74 Å². The lowest BCUT2D eigenvalue weighted by molar-refractivity contribution is -0.0195. The standard InChI is InChI=1S/C13H25N3O/c1-7-17-13(5,6)8-9-16-10-11(14-15-16)12(2,3)4/h10H,7-9H2,1-6H3. The van der Waals surface area contributed by atoms with Crippen LogP contribution in [0.25, 0.3) is 0 Å². The van der Waals surface area contributed by atoms with Gasteiger partial charge < -0.3 is 4.74 Å². The molecule has 0 fully saturated rings. The summed E-state index contributed by atoms with van der Waals surface area (Å²) < 4.78 is 7.57. The van der Waals surface area contributed by atoms with Gasteiger partial charge in [-0.15, -0.1) is 5.10 Å². The highest BCUT2D eigenvalue weighted by molar-refractivity contribution is 5.06. The summed E-state index contributed by atoms with van der Waals surface area (Å²) in [6, 6.07) is 0. The lowest BCUT2D eigenvalue weighted by Gasteiger charge is -2.24. The van der Waals surface area contributed by atoms with Gasteiger partial charge in [0, 0.05) is 24.8 Å². The van der Waals surface area contributed by atoms with E-state index >= 15 is 0 Å². The molecular weight excluding hydrogens is 214 g/mol. The van der Waals surface area contributed by atoms with E-state index in [0.717, 1.165) is 25.3 Å². The lowest BCUT2D eigenvalue weighted by atomic mass is 9.93. The Kier molecular flexibility index (Phi) is 4.31. The summed E-state index contributed by atoms with van der Waals surface area (Å²) in [7, 11) is 0. The molecule has 1 heterocycles. The lowest BCUT2D eigenvalue weighted by Crippen LogP contribution is -2.26. The van der Waals surface area contributed by atoms with Crippen LogP contribution >= 0.6 is 0 Å². The summed E-state index contributed by atoms with van der Waals surface area (Å²) in [6.07, 6.45) is 2.97. The minimum atomic E-state index is -0.0946.